The molecule has 0 saturated carbocycles. The predicted octanol–water partition coefficient (Wildman–Crippen LogP) is 3.56. The zero-order valence-corrected chi connectivity index (χ0v) is 10.8. The first-order valence-electron chi connectivity index (χ1n) is 5.07. The summed E-state index contributed by atoms with van der Waals surface area (Å²) in [7, 11) is 0. The monoisotopic (exact) mass is 265 g/mol. The fraction of sp³-hybridized carbons (Fsp3) is 0.385. The largest absolute Gasteiger partial charge is 0.324 e. The van der Waals surface area contributed by atoms with Gasteiger partial charge in [-0.2, -0.15) is 0 Å². The molecule has 2 N–H and O–H groups in total. The molecule has 2 heteroatoms. The first kappa shape index (κ1) is 12.3. The van der Waals surface area contributed by atoms with Crippen LogP contribution in [0.1, 0.15) is 36.9 Å². The Kier molecular flexibility index (Phi) is 4.87. The van der Waals surface area contributed by atoms with Crippen molar-refractivity contribution in [2.24, 2.45) is 5.73 Å². The number of hydrogen-bond donors (Lipinski definition) is 1. The topological polar surface area (TPSA) is 26.0 Å². The molecule has 1 aromatic rings. The van der Waals surface area contributed by atoms with Crippen LogP contribution in [0.5, 0.6) is 0 Å². The van der Waals surface area contributed by atoms with Gasteiger partial charge in [0.05, 0.1) is 0 Å². The van der Waals surface area contributed by atoms with E-state index in [1.165, 1.54) is 11.1 Å². The molecule has 1 aromatic carbocycles. The Balaban J connectivity index is 2.76. The lowest BCUT2D eigenvalue weighted by Crippen LogP contribution is -2.11. The smallest absolute Gasteiger partial charge is 0.0307 e. The summed E-state index contributed by atoms with van der Waals surface area (Å²) in [5.74, 6) is 5.93. The van der Waals surface area contributed by atoms with Crippen molar-refractivity contribution < 1.29 is 0 Å². The average molecular weight is 266 g/mol. The molecule has 0 spiro atoms. The summed E-state index contributed by atoms with van der Waals surface area (Å²) in [5.41, 5.74) is 8.56. The van der Waals surface area contributed by atoms with E-state index in [1.54, 1.807) is 0 Å². The highest BCUT2D eigenvalue weighted by molar-refractivity contribution is 9.10. The van der Waals surface area contributed by atoms with Crippen LogP contribution < -0.4 is 5.73 Å². The second kappa shape index (κ2) is 5.95. The Morgan fingerprint density at radius 1 is 1.47 bits per heavy atom. The van der Waals surface area contributed by atoms with Gasteiger partial charge in [-0.25, -0.2) is 0 Å². The Morgan fingerprint density at radius 3 is 2.87 bits per heavy atom. The van der Waals surface area contributed by atoms with Gasteiger partial charge in [-0.3, -0.25) is 0 Å². The molecule has 0 aliphatic rings. The first-order valence-corrected chi connectivity index (χ1v) is 5.86. The molecule has 0 heterocycles. The van der Waals surface area contributed by atoms with Crippen LogP contribution in [0, 0.1) is 18.8 Å². The third kappa shape index (κ3) is 3.37. The molecule has 0 saturated heterocycles. The summed E-state index contributed by atoms with van der Waals surface area (Å²) in [6, 6.07) is 6.24. The third-order valence-corrected chi connectivity index (χ3v) is 3.33. The van der Waals surface area contributed by atoms with Crippen molar-refractivity contribution in [3.63, 3.8) is 0 Å². The first-order chi connectivity index (χ1) is 7.16. The highest BCUT2D eigenvalue weighted by atomic mass is 79.9. The molecule has 0 aliphatic carbocycles. The maximum atomic E-state index is 6.12. The van der Waals surface area contributed by atoms with Crippen LogP contribution in [0.15, 0.2) is 22.7 Å². The number of benzene rings is 1. The van der Waals surface area contributed by atoms with Crippen LogP contribution >= 0.6 is 15.9 Å². The Labute approximate surface area is 100 Å². The molecule has 0 aromatic heterocycles. The van der Waals surface area contributed by atoms with E-state index in [4.69, 9.17) is 5.73 Å². The average Bonchev–Trinajstić information content (AvgIpc) is 2.22. The number of halogens is 1. The van der Waals surface area contributed by atoms with E-state index in [2.05, 4.69) is 40.8 Å². The third-order valence-electron chi connectivity index (χ3n) is 2.47. The second-order valence-electron chi connectivity index (χ2n) is 3.53. The highest BCUT2D eigenvalue weighted by Crippen LogP contribution is 2.25. The van der Waals surface area contributed by atoms with E-state index in [1.807, 2.05) is 19.1 Å². The highest BCUT2D eigenvalue weighted by Gasteiger charge is 2.09. The molecule has 0 radical (unpaired) electrons. The molecule has 0 fully saturated rings. The molecule has 0 bridgehead atoms. The summed E-state index contributed by atoms with van der Waals surface area (Å²) in [4.78, 5) is 0. The zero-order valence-electron chi connectivity index (χ0n) is 9.18. The van der Waals surface area contributed by atoms with Gasteiger partial charge in [0.25, 0.3) is 0 Å². The minimum Gasteiger partial charge on any atom is -0.324 e. The van der Waals surface area contributed by atoms with Gasteiger partial charge in [-0.1, -0.05) is 28.1 Å². The summed E-state index contributed by atoms with van der Waals surface area (Å²) in [6.45, 7) is 3.95. The van der Waals surface area contributed by atoms with Crippen molar-refractivity contribution in [1.29, 1.82) is 0 Å². The number of nitrogens with two attached hydrogens (primary N) is 1. The van der Waals surface area contributed by atoms with Gasteiger partial charge in [0, 0.05) is 16.9 Å². The van der Waals surface area contributed by atoms with Gasteiger partial charge >= 0.3 is 0 Å². The van der Waals surface area contributed by atoms with Gasteiger partial charge in [0.1, 0.15) is 0 Å². The maximum Gasteiger partial charge on any atom is 0.0307 e. The fourth-order valence-electron chi connectivity index (χ4n) is 1.53. The van der Waals surface area contributed by atoms with E-state index in [0.717, 1.165) is 17.3 Å². The van der Waals surface area contributed by atoms with Crippen LogP contribution in [0.25, 0.3) is 0 Å². The van der Waals surface area contributed by atoms with Gasteiger partial charge in [-0.05, 0) is 37.5 Å². The second-order valence-corrected chi connectivity index (χ2v) is 4.38. The number of rotatable bonds is 3. The quantitative estimate of drug-likeness (QED) is 0.832. The summed E-state index contributed by atoms with van der Waals surface area (Å²) < 4.78 is 1.12. The van der Waals surface area contributed by atoms with Crippen molar-refractivity contribution in [3.8, 4) is 11.8 Å². The Morgan fingerprint density at radius 2 is 2.20 bits per heavy atom. The zero-order chi connectivity index (χ0) is 11.3. The van der Waals surface area contributed by atoms with Crippen LogP contribution in [-0.2, 0) is 0 Å². The lowest BCUT2D eigenvalue weighted by molar-refractivity contribution is 0.663. The minimum atomic E-state index is 0.0864. The van der Waals surface area contributed by atoms with Crippen molar-refractivity contribution >= 4 is 15.9 Å². The van der Waals surface area contributed by atoms with Crippen molar-refractivity contribution in [2.75, 3.05) is 0 Å². The van der Waals surface area contributed by atoms with E-state index in [-0.39, 0.29) is 6.04 Å². The Bertz CT molecular complexity index is 387. The summed E-state index contributed by atoms with van der Waals surface area (Å²) in [5, 5.41) is 0. The van der Waals surface area contributed by atoms with Crippen LogP contribution in [0.4, 0.5) is 0 Å². The maximum absolute atomic E-state index is 6.12. The lowest BCUT2D eigenvalue weighted by Gasteiger charge is -2.14. The summed E-state index contributed by atoms with van der Waals surface area (Å²) >= 11 is 3.51. The fourth-order valence-corrected chi connectivity index (χ4v) is 1.92. The van der Waals surface area contributed by atoms with Gasteiger partial charge in [-0.15, -0.1) is 11.8 Å². The van der Waals surface area contributed by atoms with E-state index >= 15 is 0 Å². The van der Waals surface area contributed by atoms with Crippen LogP contribution in [0.3, 0.4) is 0 Å². The molecule has 1 rings (SSSR count). The molecule has 1 nitrogen and oxygen atoms in total. The molecule has 0 aliphatic heterocycles. The van der Waals surface area contributed by atoms with Gasteiger partial charge < -0.3 is 5.73 Å². The lowest BCUT2D eigenvalue weighted by atomic mass is 9.98. The SMILES string of the molecule is CC#CCCC(N)c1cccc(Br)c1C. The molecular formula is C13H16BrN. The van der Waals surface area contributed by atoms with Crippen molar-refractivity contribution in [3.05, 3.63) is 33.8 Å². The van der Waals surface area contributed by atoms with E-state index in [9.17, 15) is 0 Å². The summed E-state index contributed by atoms with van der Waals surface area (Å²) in [6.07, 6.45) is 1.78. The van der Waals surface area contributed by atoms with Gasteiger partial charge in [0.15, 0.2) is 0 Å². The molecule has 1 atom stereocenters. The molecule has 15 heavy (non-hydrogen) atoms. The predicted molar refractivity (Wildman–Crippen MR) is 68.5 cm³/mol. The molecule has 1 unspecified atom stereocenters. The standard InChI is InChI=1S/C13H16BrN/c1-3-4-5-9-13(15)11-7-6-8-12(14)10(11)2/h6-8,13H,5,9,15H2,1-2H3. The molecule has 0 amide bonds. The van der Waals surface area contributed by atoms with E-state index < -0.39 is 0 Å². The molecule has 80 valence electrons. The minimum absolute atomic E-state index is 0.0864. The Hall–Kier alpha value is -0.780. The van der Waals surface area contributed by atoms with Crippen molar-refractivity contribution in [2.45, 2.75) is 32.7 Å². The number of hydrogen-bond acceptors (Lipinski definition) is 1. The normalized spacial score (nSPS) is 11.7. The van der Waals surface area contributed by atoms with Gasteiger partial charge in [0.2, 0.25) is 0 Å². The van der Waals surface area contributed by atoms with E-state index in [0.29, 0.717) is 0 Å². The molecular weight excluding hydrogens is 250 g/mol. The van der Waals surface area contributed by atoms with Crippen LogP contribution in [-0.4, -0.2) is 0 Å². The van der Waals surface area contributed by atoms with Crippen LogP contribution in [0.2, 0.25) is 0 Å². The van der Waals surface area contributed by atoms with Crippen molar-refractivity contribution in [1.82, 2.24) is 0 Å².